The second-order valence-electron chi connectivity index (χ2n) is 7.02. The van der Waals surface area contributed by atoms with Crippen molar-refractivity contribution in [2.45, 2.75) is 73.1 Å². The summed E-state index contributed by atoms with van der Waals surface area (Å²) in [4.78, 5) is 23.9. The minimum atomic E-state index is -0.726. The van der Waals surface area contributed by atoms with E-state index in [0.29, 0.717) is 19.3 Å². The number of rotatable bonds is 9. The SMILES string of the molecule is CCCC(C)(CCCCC(=O)c1c(C)cc(C)cc1C)C(=O)O.O=P. The van der Waals surface area contributed by atoms with Crippen LogP contribution in [0.5, 0.6) is 0 Å². The van der Waals surface area contributed by atoms with Crippen LogP contribution in [-0.2, 0) is 9.36 Å². The Kier molecular flexibility index (Phi) is 10.5. The first-order chi connectivity index (χ1) is 11.7. The summed E-state index contributed by atoms with van der Waals surface area (Å²) in [6, 6.07) is 4.09. The standard InChI is InChI=1S/C20H30O3.HOP/c1-6-10-20(5,19(22)23)11-8-7-9-17(21)18-15(3)12-14(2)13-16(18)4;1-2/h12-13H,6-11H2,1-5H3,(H,22,23);2H. The number of hydrogen-bond donors (Lipinski definition) is 1. The fourth-order valence-corrected chi connectivity index (χ4v) is 3.44. The van der Waals surface area contributed by atoms with Crippen molar-refractivity contribution in [1.82, 2.24) is 0 Å². The van der Waals surface area contributed by atoms with Crippen LogP contribution in [0, 0.1) is 26.2 Å². The third-order valence-electron chi connectivity index (χ3n) is 4.66. The highest BCUT2D eigenvalue weighted by Gasteiger charge is 2.31. The fraction of sp³-hybridized carbons (Fsp3) is 0.600. The van der Waals surface area contributed by atoms with E-state index in [1.165, 1.54) is 5.56 Å². The van der Waals surface area contributed by atoms with Gasteiger partial charge in [0.15, 0.2) is 5.78 Å². The van der Waals surface area contributed by atoms with Gasteiger partial charge in [-0.1, -0.05) is 37.5 Å². The van der Waals surface area contributed by atoms with E-state index in [0.717, 1.165) is 36.0 Å². The lowest BCUT2D eigenvalue weighted by atomic mass is 9.80. The number of carbonyl (C=O) groups is 2. The minimum absolute atomic E-state index is 0.174. The molecule has 0 bridgehead atoms. The average Bonchev–Trinajstić information content (AvgIpc) is 2.52. The normalized spacial score (nSPS) is 12.7. The van der Waals surface area contributed by atoms with E-state index in [4.69, 9.17) is 4.57 Å². The van der Waals surface area contributed by atoms with Crippen LogP contribution in [0.1, 0.15) is 79.4 Å². The van der Waals surface area contributed by atoms with Gasteiger partial charge in [0.25, 0.3) is 0 Å². The van der Waals surface area contributed by atoms with Crippen LogP contribution in [0.15, 0.2) is 12.1 Å². The van der Waals surface area contributed by atoms with Crippen LogP contribution in [0.25, 0.3) is 0 Å². The van der Waals surface area contributed by atoms with Crippen LogP contribution >= 0.6 is 9.12 Å². The van der Waals surface area contributed by atoms with E-state index >= 15 is 0 Å². The summed E-state index contributed by atoms with van der Waals surface area (Å²) in [5.41, 5.74) is 3.43. The summed E-state index contributed by atoms with van der Waals surface area (Å²) < 4.78 is 8.06. The maximum absolute atomic E-state index is 12.5. The van der Waals surface area contributed by atoms with E-state index in [1.807, 2.05) is 46.8 Å². The number of hydrogen-bond acceptors (Lipinski definition) is 3. The van der Waals surface area contributed by atoms with Crippen molar-refractivity contribution in [3.63, 3.8) is 0 Å². The third kappa shape index (κ3) is 7.07. The smallest absolute Gasteiger partial charge is 0.309 e. The molecular formula is C20H31O4P. The topological polar surface area (TPSA) is 71.4 Å². The largest absolute Gasteiger partial charge is 0.481 e. The highest BCUT2D eigenvalue weighted by molar-refractivity contribution is 7.00. The molecule has 0 amide bonds. The molecule has 0 aliphatic rings. The Morgan fingerprint density at radius 3 is 2.00 bits per heavy atom. The van der Waals surface area contributed by atoms with E-state index in [-0.39, 0.29) is 5.78 Å². The van der Waals surface area contributed by atoms with E-state index in [9.17, 15) is 14.7 Å². The molecule has 0 spiro atoms. The number of ketones is 1. The van der Waals surface area contributed by atoms with Crippen LogP contribution in [0.3, 0.4) is 0 Å². The molecule has 1 aromatic rings. The van der Waals surface area contributed by atoms with Crippen LogP contribution < -0.4 is 0 Å². The van der Waals surface area contributed by atoms with Crippen molar-refractivity contribution in [3.8, 4) is 0 Å². The summed E-state index contributed by atoms with van der Waals surface area (Å²) in [6.07, 6.45) is 4.20. The van der Waals surface area contributed by atoms with Gasteiger partial charge < -0.3 is 5.11 Å². The Morgan fingerprint density at radius 2 is 1.56 bits per heavy atom. The Bertz CT molecular complexity index is 574. The molecule has 0 radical (unpaired) electrons. The van der Waals surface area contributed by atoms with Crippen molar-refractivity contribution < 1.29 is 19.3 Å². The van der Waals surface area contributed by atoms with Crippen LogP contribution in [0.2, 0.25) is 0 Å². The fourth-order valence-electron chi connectivity index (χ4n) is 3.44. The molecule has 0 saturated carbocycles. The Balaban J connectivity index is 0.00000277. The summed E-state index contributed by atoms with van der Waals surface area (Å²) in [6.45, 7) is 9.82. The first kappa shape index (κ1) is 23.5. The lowest BCUT2D eigenvalue weighted by Crippen LogP contribution is -2.27. The average molecular weight is 366 g/mol. The molecule has 5 heteroatoms. The summed E-state index contributed by atoms with van der Waals surface area (Å²) in [5, 5.41) is 9.38. The van der Waals surface area contributed by atoms with E-state index in [1.54, 1.807) is 9.12 Å². The number of aryl methyl sites for hydroxylation is 3. The quantitative estimate of drug-likeness (QED) is 0.345. The molecule has 1 unspecified atom stereocenters. The molecule has 1 rings (SSSR count). The summed E-state index contributed by atoms with van der Waals surface area (Å²) in [5.74, 6) is -0.552. The maximum Gasteiger partial charge on any atom is 0.309 e. The molecule has 4 nitrogen and oxygen atoms in total. The molecule has 1 aromatic carbocycles. The van der Waals surface area contributed by atoms with Gasteiger partial charge in [0, 0.05) is 12.0 Å². The van der Waals surface area contributed by atoms with Crippen molar-refractivity contribution >= 4 is 20.9 Å². The predicted octanol–water partition coefficient (Wildman–Crippen LogP) is 5.72. The van der Waals surface area contributed by atoms with Crippen LogP contribution in [-0.4, -0.2) is 16.9 Å². The van der Waals surface area contributed by atoms with Crippen molar-refractivity contribution in [3.05, 3.63) is 34.4 Å². The van der Waals surface area contributed by atoms with Crippen molar-refractivity contribution in [1.29, 1.82) is 0 Å². The highest BCUT2D eigenvalue weighted by atomic mass is 31.0. The Morgan fingerprint density at radius 1 is 1.04 bits per heavy atom. The number of carbonyl (C=O) groups excluding carboxylic acids is 1. The second kappa shape index (κ2) is 11.1. The first-order valence-electron chi connectivity index (χ1n) is 8.76. The zero-order valence-corrected chi connectivity index (χ0v) is 17.1. The van der Waals surface area contributed by atoms with Gasteiger partial charge in [0.2, 0.25) is 0 Å². The van der Waals surface area contributed by atoms with Gasteiger partial charge in [0.05, 0.1) is 5.41 Å². The Labute approximate surface area is 153 Å². The number of Topliss-reactive ketones (excluding diaryl/α,β-unsaturated/α-hetero) is 1. The molecule has 1 N–H and O–H groups in total. The molecule has 140 valence electrons. The van der Waals surface area contributed by atoms with Gasteiger partial charge in [-0.25, -0.2) is 0 Å². The van der Waals surface area contributed by atoms with E-state index in [2.05, 4.69) is 0 Å². The lowest BCUT2D eigenvalue weighted by Gasteiger charge is -2.24. The monoisotopic (exact) mass is 366 g/mol. The number of unbranched alkanes of at least 4 members (excludes halogenated alkanes) is 1. The maximum atomic E-state index is 12.5. The Hall–Kier alpha value is -1.54. The van der Waals surface area contributed by atoms with Gasteiger partial charge in [-0.05, 0) is 58.1 Å². The van der Waals surface area contributed by atoms with Gasteiger partial charge in [-0.2, -0.15) is 0 Å². The first-order valence-corrected chi connectivity index (χ1v) is 9.17. The lowest BCUT2D eigenvalue weighted by molar-refractivity contribution is -0.148. The molecule has 0 aromatic heterocycles. The molecule has 25 heavy (non-hydrogen) atoms. The minimum Gasteiger partial charge on any atom is -0.481 e. The van der Waals surface area contributed by atoms with Crippen molar-refractivity contribution in [2.75, 3.05) is 0 Å². The molecule has 0 saturated heterocycles. The molecule has 0 fully saturated rings. The van der Waals surface area contributed by atoms with Gasteiger partial charge in [0.1, 0.15) is 9.12 Å². The predicted molar refractivity (Wildman–Crippen MR) is 103 cm³/mol. The number of benzene rings is 1. The van der Waals surface area contributed by atoms with Gasteiger partial charge in [-0.15, -0.1) is 0 Å². The molecular weight excluding hydrogens is 335 g/mol. The third-order valence-corrected chi connectivity index (χ3v) is 4.66. The number of carboxylic acid groups (broad SMARTS) is 1. The second-order valence-corrected chi connectivity index (χ2v) is 7.02. The van der Waals surface area contributed by atoms with Crippen molar-refractivity contribution in [2.24, 2.45) is 5.41 Å². The highest BCUT2D eigenvalue weighted by Crippen LogP contribution is 2.30. The van der Waals surface area contributed by atoms with Gasteiger partial charge in [-0.3, -0.25) is 14.2 Å². The summed E-state index contributed by atoms with van der Waals surface area (Å²) >= 11 is 0. The summed E-state index contributed by atoms with van der Waals surface area (Å²) in [7, 11) is 1.72. The molecule has 0 heterocycles. The number of carboxylic acids is 1. The van der Waals surface area contributed by atoms with E-state index < -0.39 is 11.4 Å². The van der Waals surface area contributed by atoms with Gasteiger partial charge >= 0.3 is 5.97 Å². The van der Waals surface area contributed by atoms with Crippen LogP contribution in [0.4, 0.5) is 0 Å². The zero-order valence-electron chi connectivity index (χ0n) is 16.1. The number of aliphatic carboxylic acids is 1. The molecule has 1 atom stereocenters. The molecule has 0 aliphatic carbocycles. The zero-order chi connectivity index (χ0) is 19.6. The molecule has 0 aliphatic heterocycles.